The van der Waals surface area contributed by atoms with Crippen LogP contribution < -0.4 is 11.1 Å². The summed E-state index contributed by atoms with van der Waals surface area (Å²) in [5.41, 5.74) is 9.18. The van der Waals surface area contributed by atoms with Crippen molar-refractivity contribution in [1.82, 2.24) is 15.3 Å². The van der Waals surface area contributed by atoms with E-state index in [0.29, 0.717) is 5.70 Å². The molecule has 1 rings (SSSR count). The third kappa shape index (κ3) is 8.83. The van der Waals surface area contributed by atoms with Crippen molar-refractivity contribution in [3.63, 3.8) is 0 Å². The zero-order valence-corrected chi connectivity index (χ0v) is 13.2. The summed E-state index contributed by atoms with van der Waals surface area (Å²) in [7, 11) is 1.84. The van der Waals surface area contributed by atoms with E-state index >= 15 is 0 Å². The number of aryl methyl sites for hydroxylation is 2. The second kappa shape index (κ2) is 11.3. The first-order valence-corrected chi connectivity index (χ1v) is 6.52. The fraction of sp³-hybridized carbons (Fsp3) is 0.467. The number of hydrogen-bond donors (Lipinski definition) is 2. The maximum Gasteiger partial charge on any atom is 0.107 e. The Labute approximate surface area is 117 Å². The van der Waals surface area contributed by atoms with Crippen molar-refractivity contribution in [1.29, 1.82) is 0 Å². The molecule has 108 valence electrons. The SMILES string of the molecule is C=C(C)N.C=C(NC)c1nc(CC)cnc1C.CC. The van der Waals surface area contributed by atoms with Gasteiger partial charge in [-0.25, -0.2) is 4.98 Å². The maximum atomic E-state index is 4.92. The van der Waals surface area contributed by atoms with Crippen LogP contribution in [0.4, 0.5) is 0 Å². The van der Waals surface area contributed by atoms with Crippen LogP contribution in [-0.4, -0.2) is 17.0 Å². The third-order valence-corrected chi connectivity index (χ3v) is 1.96. The molecule has 1 aromatic heterocycles. The van der Waals surface area contributed by atoms with Crippen LogP contribution in [-0.2, 0) is 6.42 Å². The molecule has 0 aromatic carbocycles. The fourth-order valence-corrected chi connectivity index (χ4v) is 1.06. The molecule has 4 nitrogen and oxygen atoms in total. The summed E-state index contributed by atoms with van der Waals surface area (Å²) in [6, 6.07) is 0. The van der Waals surface area contributed by atoms with Gasteiger partial charge < -0.3 is 11.1 Å². The molecule has 1 aromatic rings. The van der Waals surface area contributed by atoms with Gasteiger partial charge in [0.1, 0.15) is 5.69 Å². The predicted molar refractivity (Wildman–Crippen MR) is 84.6 cm³/mol. The fourth-order valence-electron chi connectivity index (χ4n) is 1.06. The highest BCUT2D eigenvalue weighted by molar-refractivity contribution is 5.59. The van der Waals surface area contributed by atoms with Gasteiger partial charge in [0.25, 0.3) is 0 Å². The Hall–Kier alpha value is -1.84. The minimum atomic E-state index is 0.667. The molecule has 0 aliphatic carbocycles. The van der Waals surface area contributed by atoms with Gasteiger partial charge in [-0.1, -0.05) is 33.9 Å². The highest BCUT2D eigenvalue weighted by Crippen LogP contribution is 2.10. The highest BCUT2D eigenvalue weighted by Gasteiger charge is 2.04. The Morgan fingerprint density at radius 2 is 1.84 bits per heavy atom. The first-order valence-electron chi connectivity index (χ1n) is 6.52. The lowest BCUT2D eigenvalue weighted by molar-refractivity contribution is 0.946. The maximum absolute atomic E-state index is 4.92. The zero-order chi connectivity index (χ0) is 15.4. The monoisotopic (exact) mass is 264 g/mol. The normalized spacial score (nSPS) is 8.32. The van der Waals surface area contributed by atoms with Crippen LogP contribution >= 0.6 is 0 Å². The summed E-state index contributed by atoms with van der Waals surface area (Å²) < 4.78 is 0. The predicted octanol–water partition coefficient (Wildman–Crippen LogP) is 3.04. The molecule has 0 saturated carbocycles. The Bertz CT molecular complexity index is 393. The van der Waals surface area contributed by atoms with E-state index in [1.807, 2.05) is 34.0 Å². The van der Waals surface area contributed by atoms with E-state index in [-0.39, 0.29) is 0 Å². The van der Waals surface area contributed by atoms with Crippen LogP contribution in [0.3, 0.4) is 0 Å². The summed E-state index contributed by atoms with van der Waals surface area (Å²) in [5.74, 6) is 0. The molecule has 0 atom stereocenters. The zero-order valence-electron chi connectivity index (χ0n) is 13.2. The van der Waals surface area contributed by atoms with Gasteiger partial charge in [0.15, 0.2) is 0 Å². The van der Waals surface area contributed by atoms with Crippen molar-refractivity contribution in [2.75, 3.05) is 7.05 Å². The molecule has 3 N–H and O–H groups in total. The van der Waals surface area contributed by atoms with Crippen LogP contribution in [0.25, 0.3) is 5.70 Å². The first-order chi connectivity index (χ1) is 8.92. The molecular weight excluding hydrogens is 236 g/mol. The smallest absolute Gasteiger partial charge is 0.107 e. The van der Waals surface area contributed by atoms with Crippen LogP contribution in [0.2, 0.25) is 0 Å². The Kier molecular flexibility index (Phi) is 11.6. The van der Waals surface area contributed by atoms with E-state index in [4.69, 9.17) is 5.73 Å². The minimum Gasteiger partial charge on any atom is -0.403 e. The van der Waals surface area contributed by atoms with Gasteiger partial charge >= 0.3 is 0 Å². The van der Waals surface area contributed by atoms with Crippen molar-refractivity contribution in [3.05, 3.63) is 42.1 Å². The van der Waals surface area contributed by atoms with Gasteiger partial charge in [-0.3, -0.25) is 4.98 Å². The van der Waals surface area contributed by atoms with E-state index in [2.05, 4.69) is 35.4 Å². The van der Waals surface area contributed by atoms with Crippen molar-refractivity contribution in [3.8, 4) is 0 Å². The number of nitrogens with one attached hydrogen (secondary N) is 1. The van der Waals surface area contributed by atoms with Gasteiger partial charge in [-0.2, -0.15) is 0 Å². The molecule has 4 heteroatoms. The number of aromatic nitrogens is 2. The summed E-state index contributed by atoms with van der Waals surface area (Å²) in [6.45, 7) is 16.9. The Morgan fingerprint density at radius 1 is 1.37 bits per heavy atom. The summed E-state index contributed by atoms with van der Waals surface area (Å²) >= 11 is 0. The van der Waals surface area contributed by atoms with Gasteiger partial charge in [-0.05, 0) is 26.0 Å². The van der Waals surface area contributed by atoms with E-state index in [0.717, 1.165) is 29.2 Å². The van der Waals surface area contributed by atoms with Gasteiger partial charge in [0.2, 0.25) is 0 Å². The van der Waals surface area contributed by atoms with Crippen LogP contribution in [0.5, 0.6) is 0 Å². The number of rotatable bonds is 3. The summed E-state index contributed by atoms with van der Waals surface area (Å²) in [5, 5.41) is 2.98. The minimum absolute atomic E-state index is 0.667. The number of hydrogen-bond acceptors (Lipinski definition) is 4. The van der Waals surface area contributed by atoms with Crippen LogP contribution in [0, 0.1) is 6.92 Å². The lowest BCUT2D eigenvalue weighted by Gasteiger charge is -2.07. The lowest BCUT2D eigenvalue weighted by Crippen LogP contribution is -2.09. The standard InChI is InChI=1S/C10H15N3.C3H7N.C2H6/c1-5-9-6-12-8(3)10(13-9)7(2)11-4;1-3(2)4;1-2/h6,11H,2,5H2,1,3-4H3;1,4H2,2H3;1-2H3. The largest absolute Gasteiger partial charge is 0.403 e. The van der Waals surface area contributed by atoms with E-state index in [1.54, 1.807) is 6.92 Å². The Morgan fingerprint density at radius 3 is 2.21 bits per heavy atom. The molecule has 0 saturated heterocycles. The van der Waals surface area contributed by atoms with Crippen molar-refractivity contribution in [2.24, 2.45) is 5.73 Å². The number of nitrogens with two attached hydrogens (primary N) is 1. The van der Waals surface area contributed by atoms with E-state index in [9.17, 15) is 0 Å². The molecule has 0 unspecified atom stereocenters. The molecule has 0 amide bonds. The van der Waals surface area contributed by atoms with Crippen LogP contribution in [0.15, 0.2) is 25.1 Å². The molecule has 0 fully saturated rings. The van der Waals surface area contributed by atoms with Crippen molar-refractivity contribution < 1.29 is 0 Å². The summed E-state index contributed by atoms with van der Waals surface area (Å²) in [6.07, 6.45) is 2.71. The highest BCUT2D eigenvalue weighted by atomic mass is 14.9. The molecule has 0 aliphatic heterocycles. The first kappa shape index (κ1) is 19.5. The third-order valence-electron chi connectivity index (χ3n) is 1.96. The number of nitrogens with zero attached hydrogens (tertiary/aromatic N) is 2. The van der Waals surface area contributed by atoms with Gasteiger partial charge in [0, 0.05) is 13.2 Å². The van der Waals surface area contributed by atoms with Crippen molar-refractivity contribution >= 4 is 5.70 Å². The average Bonchev–Trinajstić information content (AvgIpc) is 2.40. The van der Waals surface area contributed by atoms with Crippen molar-refractivity contribution in [2.45, 2.75) is 41.0 Å². The molecule has 19 heavy (non-hydrogen) atoms. The molecule has 0 bridgehead atoms. The van der Waals surface area contributed by atoms with E-state index in [1.165, 1.54) is 0 Å². The molecule has 1 heterocycles. The molecule has 0 aliphatic rings. The molecular formula is C15H28N4. The average molecular weight is 264 g/mol. The van der Waals surface area contributed by atoms with Gasteiger partial charge in [-0.15, -0.1) is 0 Å². The van der Waals surface area contributed by atoms with Gasteiger partial charge in [0.05, 0.1) is 17.1 Å². The quantitative estimate of drug-likeness (QED) is 0.880. The lowest BCUT2D eigenvalue weighted by atomic mass is 10.2. The summed E-state index contributed by atoms with van der Waals surface area (Å²) in [4.78, 5) is 8.69. The second-order valence-corrected chi connectivity index (χ2v) is 3.72. The topological polar surface area (TPSA) is 63.8 Å². The Balaban J connectivity index is 0. The second-order valence-electron chi connectivity index (χ2n) is 3.72. The van der Waals surface area contributed by atoms with E-state index < -0.39 is 0 Å². The molecule has 0 spiro atoms. The number of allylic oxidation sites excluding steroid dienone is 1. The molecule has 0 radical (unpaired) electrons. The van der Waals surface area contributed by atoms with Crippen LogP contribution in [0.1, 0.15) is 44.8 Å².